The van der Waals surface area contributed by atoms with Crippen LogP contribution < -0.4 is 5.32 Å². The van der Waals surface area contributed by atoms with Gasteiger partial charge in [0.05, 0.1) is 5.92 Å². The van der Waals surface area contributed by atoms with Crippen LogP contribution in [-0.4, -0.2) is 32.7 Å². The molecule has 0 spiro atoms. The Labute approximate surface area is 111 Å². The van der Waals surface area contributed by atoms with E-state index in [1.165, 1.54) is 19.2 Å². The van der Waals surface area contributed by atoms with Crippen LogP contribution in [0, 0.1) is 0 Å². The lowest BCUT2D eigenvalue weighted by molar-refractivity contribution is 0.332. The molecule has 2 aromatic heterocycles. The van der Waals surface area contributed by atoms with Crippen LogP contribution in [0.3, 0.4) is 0 Å². The van der Waals surface area contributed by atoms with E-state index in [1.54, 1.807) is 12.3 Å². The average molecular weight is 259 g/mol. The van der Waals surface area contributed by atoms with Gasteiger partial charge in [0.25, 0.3) is 0 Å². The Morgan fingerprint density at radius 1 is 1.42 bits per heavy atom. The summed E-state index contributed by atoms with van der Waals surface area (Å²) in [7, 11) is 0. The van der Waals surface area contributed by atoms with Gasteiger partial charge in [-0.3, -0.25) is 0 Å². The van der Waals surface area contributed by atoms with Crippen molar-refractivity contribution >= 4 is 0 Å². The van der Waals surface area contributed by atoms with Crippen molar-refractivity contribution in [3.63, 3.8) is 0 Å². The summed E-state index contributed by atoms with van der Waals surface area (Å²) in [5.41, 5.74) is 0.697. The molecule has 0 saturated heterocycles. The lowest BCUT2D eigenvalue weighted by Crippen LogP contribution is -2.31. The molecule has 2 heterocycles. The second-order valence-corrected chi connectivity index (χ2v) is 4.75. The second-order valence-electron chi connectivity index (χ2n) is 4.75. The van der Waals surface area contributed by atoms with E-state index >= 15 is 0 Å². The average Bonchev–Trinajstić information content (AvgIpc) is 3.08. The first kappa shape index (κ1) is 12.2. The highest BCUT2D eigenvalue weighted by atomic mass is 16.5. The van der Waals surface area contributed by atoms with Crippen molar-refractivity contribution in [1.82, 2.24) is 25.4 Å². The molecule has 19 heavy (non-hydrogen) atoms. The number of aromatic nitrogens is 4. The minimum Gasteiger partial charge on any atom is -0.339 e. The van der Waals surface area contributed by atoms with Crippen LogP contribution in [0.25, 0.3) is 11.5 Å². The molecule has 0 bridgehead atoms. The SMILES string of the molecule is CCNC1CCCC1c1nc(-c2ccncn2)no1. The molecule has 6 heteroatoms. The maximum atomic E-state index is 5.42. The topological polar surface area (TPSA) is 76.7 Å². The van der Waals surface area contributed by atoms with Gasteiger partial charge in [0, 0.05) is 12.2 Å². The minimum absolute atomic E-state index is 0.322. The highest BCUT2D eigenvalue weighted by Gasteiger charge is 2.32. The number of likely N-dealkylation sites (N-methyl/N-ethyl adjacent to an activating group) is 1. The van der Waals surface area contributed by atoms with E-state index in [4.69, 9.17) is 4.52 Å². The predicted molar refractivity (Wildman–Crippen MR) is 69.4 cm³/mol. The van der Waals surface area contributed by atoms with Gasteiger partial charge in [-0.05, 0) is 25.5 Å². The third kappa shape index (κ3) is 2.49. The van der Waals surface area contributed by atoms with E-state index in [0.29, 0.717) is 23.5 Å². The molecule has 2 aromatic rings. The Morgan fingerprint density at radius 2 is 2.37 bits per heavy atom. The van der Waals surface area contributed by atoms with Crippen LogP contribution in [0.4, 0.5) is 0 Å². The van der Waals surface area contributed by atoms with Crippen molar-refractivity contribution in [1.29, 1.82) is 0 Å². The van der Waals surface area contributed by atoms with E-state index < -0.39 is 0 Å². The summed E-state index contributed by atoms with van der Waals surface area (Å²) < 4.78 is 5.42. The van der Waals surface area contributed by atoms with Crippen molar-refractivity contribution in [2.24, 2.45) is 0 Å². The highest BCUT2D eigenvalue weighted by Crippen LogP contribution is 2.34. The number of rotatable bonds is 4. The van der Waals surface area contributed by atoms with Crippen molar-refractivity contribution in [2.45, 2.75) is 38.1 Å². The van der Waals surface area contributed by atoms with E-state index in [0.717, 1.165) is 18.9 Å². The first-order chi connectivity index (χ1) is 9.38. The summed E-state index contributed by atoms with van der Waals surface area (Å²) in [5.74, 6) is 1.58. The molecular formula is C13H17N5O. The number of nitrogens with zero attached hydrogens (tertiary/aromatic N) is 4. The summed E-state index contributed by atoms with van der Waals surface area (Å²) in [6, 6.07) is 2.23. The van der Waals surface area contributed by atoms with Crippen molar-refractivity contribution < 1.29 is 4.52 Å². The summed E-state index contributed by atoms with van der Waals surface area (Å²) >= 11 is 0. The Hall–Kier alpha value is -1.82. The van der Waals surface area contributed by atoms with Crippen LogP contribution in [0.5, 0.6) is 0 Å². The highest BCUT2D eigenvalue weighted by molar-refractivity contribution is 5.46. The molecule has 0 aliphatic heterocycles. The molecule has 0 aromatic carbocycles. The maximum Gasteiger partial charge on any atom is 0.231 e. The van der Waals surface area contributed by atoms with Crippen LogP contribution in [-0.2, 0) is 0 Å². The molecule has 2 atom stereocenters. The third-order valence-corrected chi connectivity index (χ3v) is 3.55. The number of hydrogen-bond acceptors (Lipinski definition) is 6. The van der Waals surface area contributed by atoms with Crippen LogP contribution >= 0.6 is 0 Å². The monoisotopic (exact) mass is 259 g/mol. The fourth-order valence-electron chi connectivity index (χ4n) is 2.67. The number of nitrogens with one attached hydrogen (secondary N) is 1. The zero-order valence-electron chi connectivity index (χ0n) is 10.9. The molecule has 0 radical (unpaired) electrons. The lowest BCUT2D eigenvalue weighted by atomic mass is 10.0. The van der Waals surface area contributed by atoms with Gasteiger partial charge in [0.1, 0.15) is 12.0 Å². The van der Waals surface area contributed by atoms with E-state index in [2.05, 4.69) is 32.3 Å². The predicted octanol–water partition coefficient (Wildman–Crippen LogP) is 1.77. The molecule has 6 nitrogen and oxygen atoms in total. The van der Waals surface area contributed by atoms with E-state index in [9.17, 15) is 0 Å². The van der Waals surface area contributed by atoms with Gasteiger partial charge in [-0.2, -0.15) is 4.98 Å². The van der Waals surface area contributed by atoms with E-state index in [1.807, 2.05) is 0 Å². The molecule has 1 N–H and O–H groups in total. The van der Waals surface area contributed by atoms with Crippen molar-refractivity contribution in [2.75, 3.05) is 6.54 Å². The van der Waals surface area contributed by atoms with Gasteiger partial charge in [-0.25, -0.2) is 9.97 Å². The zero-order valence-corrected chi connectivity index (χ0v) is 10.9. The molecule has 2 unspecified atom stereocenters. The van der Waals surface area contributed by atoms with Crippen LogP contribution in [0.1, 0.15) is 38.0 Å². The Balaban J connectivity index is 1.81. The fourth-order valence-corrected chi connectivity index (χ4v) is 2.67. The Kier molecular flexibility index (Phi) is 3.50. The standard InChI is InChI=1S/C13H17N5O/c1-2-15-10-5-3-4-9(10)13-17-12(18-19-13)11-6-7-14-8-16-11/h6-10,15H,2-5H2,1H3. The van der Waals surface area contributed by atoms with Gasteiger partial charge in [0.15, 0.2) is 0 Å². The van der Waals surface area contributed by atoms with Crippen molar-refractivity contribution in [3.05, 3.63) is 24.5 Å². The third-order valence-electron chi connectivity index (χ3n) is 3.55. The summed E-state index contributed by atoms with van der Waals surface area (Å²) in [4.78, 5) is 12.5. The lowest BCUT2D eigenvalue weighted by Gasteiger charge is -2.16. The fraction of sp³-hybridized carbons (Fsp3) is 0.538. The molecule has 3 rings (SSSR count). The molecule has 100 valence electrons. The Bertz CT molecular complexity index is 527. The van der Waals surface area contributed by atoms with Gasteiger partial charge in [0.2, 0.25) is 11.7 Å². The van der Waals surface area contributed by atoms with E-state index in [-0.39, 0.29) is 0 Å². The normalized spacial score (nSPS) is 22.8. The van der Waals surface area contributed by atoms with Crippen LogP contribution in [0.2, 0.25) is 0 Å². The molecule has 0 amide bonds. The van der Waals surface area contributed by atoms with Gasteiger partial charge >= 0.3 is 0 Å². The van der Waals surface area contributed by atoms with Crippen molar-refractivity contribution in [3.8, 4) is 11.5 Å². The maximum absolute atomic E-state index is 5.42. The quantitative estimate of drug-likeness (QED) is 0.901. The Morgan fingerprint density at radius 3 is 3.16 bits per heavy atom. The molecule has 1 aliphatic rings. The second kappa shape index (κ2) is 5.44. The molecule has 1 fully saturated rings. The summed E-state index contributed by atoms with van der Waals surface area (Å²) in [6.45, 7) is 3.09. The first-order valence-electron chi connectivity index (χ1n) is 6.72. The minimum atomic E-state index is 0.322. The number of hydrogen-bond donors (Lipinski definition) is 1. The summed E-state index contributed by atoms with van der Waals surface area (Å²) in [5, 5.41) is 7.51. The smallest absolute Gasteiger partial charge is 0.231 e. The van der Waals surface area contributed by atoms with Gasteiger partial charge in [-0.1, -0.05) is 18.5 Å². The molecular weight excluding hydrogens is 242 g/mol. The largest absolute Gasteiger partial charge is 0.339 e. The molecule has 1 saturated carbocycles. The summed E-state index contributed by atoms with van der Waals surface area (Å²) in [6.07, 6.45) is 6.64. The zero-order chi connectivity index (χ0) is 13.1. The molecule has 1 aliphatic carbocycles. The van der Waals surface area contributed by atoms with Crippen LogP contribution in [0.15, 0.2) is 23.1 Å². The van der Waals surface area contributed by atoms with Gasteiger partial charge in [-0.15, -0.1) is 0 Å². The van der Waals surface area contributed by atoms with Gasteiger partial charge < -0.3 is 9.84 Å². The first-order valence-corrected chi connectivity index (χ1v) is 6.72.